The fourth-order valence-corrected chi connectivity index (χ4v) is 2.92. The largest absolute Gasteiger partial charge is 0.353 e. The summed E-state index contributed by atoms with van der Waals surface area (Å²) in [5.74, 6) is -0.236. The monoisotopic (exact) mass is 343 g/mol. The summed E-state index contributed by atoms with van der Waals surface area (Å²) in [6.45, 7) is 0. The number of non-ortho nitro benzene ring substituents is 1. The summed E-state index contributed by atoms with van der Waals surface area (Å²) in [4.78, 5) is 30.3. The molecule has 0 spiro atoms. The van der Waals surface area contributed by atoms with E-state index in [1.54, 1.807) is 24.4 Å². The average molecular weight is 343 g/mol. The molecule has 2 aromatic heterocycles. The molecule has 126 valence electrons. The van der Waals surface area contributed by atoms with Gasteiger partial charge in [0.15, 0.2) is 0 Å². The molecular weight excluding hydrogens is 330 g/mol. The number of ketones is 1. The molecule has 0 bridgehead atoms. The predicted molar refractivity (Wildman–Crippen MR) is 100 cm³/mol. The molecule has 0 saturated heterocycles. The van der Waals surface area contributed by atoms with Crippen LogP contribution in [0.3, 0.4) is 0 Å². The third-order valence-corrected chi connectivity index (χ3v) is 4.19. The number of nitro benzene ring substituents is 1. The normalized spacial score (nSPS) is 11.4. The number of allylic oxidation sites excluding steroid dienone is 1. The van der Waals surface area contributed by atoms with Gasteiger partial charge in [0.05, 0.1) is 10.4 Å². The second-order valence-corrected chi connectivity index (χ2v) is 5.80. The number of carbonyl (C=O) groups is 1. The highest BCUT2D eigenvalue weighted by Crippen LogP contribution is 2.26. The van der Waals surface area contributed by atoms with Crippen molar-refractivity contribution in [3.05, 3.63) is 88.2 Å². The van der Waals surface area contributed by atoms with Gasteiger partial charge in [-0.25, -0.2) is 0 Å². The van der Waals surface area contributed by atoms with E-state index in [0.717, 1.165) is 16.3 Å². The number of pyridine rings is 1. The van der Waals surface area contributed by atoms with Gasteiger partial charge < -0.3 is 4.98 Å². The number of carbonyl (C=O) groups excluding carboxylic acids is 1. The minimum Gasteiger partial charge on any atom is -0.353 e. The molecule has 26 heavy (non-hydrogen) atoms. The Hall–Kier alpha value is -3.80. The topological polar surface area (TPSA) is 88.9 Å². The van der Waals surface area contributed by atoms with Gasteiger partial charge in [-0.2, -0.15) is 0 Å². The Kier molecular flexibility index (Phi) is 3.78. The number of H-pyrrole nitrogens is 1. The van der Waals surface area contributed by atoms with Crippen LogP contribution in [-0.2, 0) is 0 Å². The van der Waals surface area contributed by atoms with Gasteiger partial charge in [-0.1, -0.05) is 24.3 Å². The Labute approximate surface area is 148 Å². The van der Waals surface area contributed by atoms with Crippen LogP contribution in [0.4, 0.5) is 5.69 Å². The van der Waals surface area contributed by atoms with Gasteiger partial charge in [0, 0.05) is 34.6 Å². The van der Waals surface area contributed by atoms with E-state index in [1.165, 1.54) is 18.2 Å². The van der Waals surface area contributed by atoms with Gasteiger partial charge in [0.2, 0.25) is 5.78 Å². The van der Waals surface area contributed by atoms with Gasteiger partial charge in [0.1, 0.15) is 5.69 Å². The van der Waals surface area contributed by atoms with Crippen LogP contribution in [0, 0.1) is 10.1 Å². The summed E-state index contributed by atoms with van der Waals surface area (Å²) in [6, 6.07) is 15.7. The molecule has 0 unspecified atom stereocenters. The summed E-state index contributed by atoms with van der Waals surface area (Å²) in [6.07, 6.45) is 4.67. The number of hydrogen-bond donors (Lipinski definition) is 1. The molecule has 0 atom stereocenters. The van der Waals surface area contributed by atoms with E-state index in [0.29, 0.717) is 16.8 Å². The fraction of sp³-hybridized carbons (Fsp3) is 0. The first-order valence-corrected chi connectivity index (χ1v) is 7.96. The molecule has 0 amide bonds. The number of nitro groups is 1. The maximum absolute atomic E-state index is 12.6. The number of benzene rings is 2. The molecule has 6 heteroatoms. The lowest BCUT2D eigenvalue weighted by atomic mass is 10.1. The summed E-state index contributed by atoms with van der Waals surface area (Å²) in [5.41, 5.74) is 2.71. The van der Waals surface area contributed by atoms with Crippen LogP contribution < -0.4 is 0 Å². The summed E-state index contributed by atoms with van der Waals surface area (Å²) in [7, 11) is 0. The van der Waals surface area contributed by atoms with Crippen molar-refractivity contribution in [3.63, 3.8) is 0 Å². The Morgan fingerprint density at radius 1 is 1.04 bits per heavy atom. The second kappa shape index (κ2) is 6.25. The molecule has 0 aliphatic heterocycles. The van der Waals surface area contributed by atoms with E-state index < -0.39 is 4.92 Å². The fourth-order valence-electron chi connectivity index (χ4n) is 2.92. The molecule has 4 aromatic rings. The number of hydrogen-bond acceptors (Lipinski definition) is 4. The van der Waals surface area contributed by atoms with Crippen molar-refractivity contribution in [2.24, 2.45) is 0 Å². The standard InChI is InChI=1S/C20H13N3O3/c24-18(10-7-13-5-8-14(9-6-13)23(25)26)20-19-16(11-12-21-20)15-3-1-2-4-17(15)22-19/h1-12,22H/b10-7+. The van der Waals surface area contributed by atoms with Crippen LogP contribution in [0.5, 0.6) is 0 Å². The number of para-hydroxylation sites is 1. The van der Waals surface area contributed by atoms with Crippen molar-refractivity contribution in [2.75, 3.05) is 0 Å². The highest BCUT2D eigenvalue weighted by Gasteiger charge is 2.13. The quantitative estimate of drug-likeness (QED) is 0.255. The first-order valence-electron chi connectivity index (χ1n) is 7.96. The second-order valence-electron chi connectivity index (χ2n) is 5.80. The van der Waals surface area contributed by atoms with E-state index in [9.17, 15) is 14.9 Å². The van der Waals surface area contributed by atoms with Gasteiger partial charge in [-0.3, -0.25) is 19.9 Å². The maximum atomic E-state index is 12.6. The van der Waals surface area contributed by atoms with Crippen LogP contribution in [0.1, 0.15) is 16.1 Å². The van der Waals surface area contributed by atoms with Crippen molar-refractivity contribution in [1.29, 1.82) is 0 Å². The minimum atomic E-state index is -0.459. The number of nitrogens with zero attached hydrogens (tertiary/aromatic N) is 2. The van der Waals surface area contributed by atoms with E-state index in [4.69, 9.17) is 0 Å². The zero-order valence-electron chi connectivity index (χ0n) is 13.5. The molecule has 0 aliphatic rings. The lowest BCUT2D eigenvalue weighted by molar-refractivity contribution is -0.384. The summed E-state index contributed by atoms with van der Waals surface area (Å²) < 4.78 is 0. The van der Waals surface area contributed by atoms with Crippen molar-refractivity contribution in [3.8, 4) is 0 Å². The lowest BCUT2D eigenvalue weighted by Crippen LogP contribution is -1.99. The molecule has 0 fully saturated rings. The van der Waals surface area contributed by atoms with E-state index in [1.807, 2.05) is 30.3 Å². The van der Waals surface area contributed by atoms with Gasteiger partial charge >= 0.3 is 0 Å². The third kappa shape index (κ3) is 2.73. The Morgan fingerprint density at radius 2 is 1.81 bits per heavy atom. The average Bonchev–Trinajstić information content (AvgIpc) is 3.05. The number of rotatable bonds is 4. The zero-order chi connectivity index (χ0) is 18.1. The summed E-state index contributed by atoms with van der Waals surface area (Å²) >= 11 is 0. The Bertz CT molecular complexity index is 1170. The third-order valence-electron chi connectivity index (χ3n) is 4.19. The minimum absolute atomic E-state index is 0.0120. The predicted octanol–water partition coefficient (Wildman–Crippen LogP) is 4.52. The molecule has 2 heterocycles. The van der Waals surface area contributed by atoms with Gasteiger partial charge in [0.25, 0.3) is 5.69 Å². The molecule has 1 N–H and O–H groups in total. The van der Waals surface area contributed by atoms with Crippen molar-refractivity contribution in [2.45, 2.75) is 0 Å². The van der Waals surface area contributed by atoms with Crippen LogP contribution in [-0.4, -0.2) is 20.7 Å². The zero-order valence-corrected chi connectivity index (χ0v) is 13.5. The first-order chi connectivity index (χ1) is 12.6. The van der Waals surface area contributed by atoms with Crippen LogP contribution >= 0.6 is 0 Å². The first kappa shape index (κ1) is 15.7. The molecule has 4 rings (SSSR count). The number of nitrogens with one attached hydrogen (secondary N) is 1. The molecule has 0 aliphatic carbocycles. The van der Waals surface area contributed by atoms with Crippen LogP contribution in [0.15, 0.2) is 66.9 Å². The highest BCUT2D eigenvalue weighted by atomic mass is 16.6. The van der Waals surface area contributed by atoms with Crippen LogP contribution in [0.2, 0.25) is 0 Å². The smallest absolute Gasteiger partial charge is 0.269 e. The number of fused-ring (bicyclic) bond motifs is 3. The highest BCUT2D eigenvalue weighted by molar-refractivity contribution is 6.17. The molecule has 0 radical (unpaired) electrons. The van der Waals surface area contributed by atoms with Gasteiger partial charge in [-0.15, -0.1) is 0 Å². The van der Waals surface area contributed by atoms with Crippen molar-refractivity contribution in [1.82, 2.24) is 9.97 Å². The molecular formula is C20H13N3O3. The van der Waals surface area contributed by atoms with E-state index in [-0.39, 0.29) is 11.5 Å². The van der Waals surface area contributed by atoms with Crippen molar-refractivity contribution >= 4 is 39.4 Å². The summed E-state index contributed by atoms with van der Waals surface area (Å²) in [5, 5.41) is 12.7. The molecule has 6 nitrogen and oxygen atoms in total. The van der Waals surface area contributed by atoms with E-state index in [2.05, 4.69) is 9.97 Å². The molecule has 0 saturated carbocycles. The number of aromatic nitrogens is 2. The van der Waals surface area contributed by atoms with E-state index >= 15 is 0 Å². The lowest BCUT2D eigenvalue weighted by Gasteiger charge is -1.98. The number of aromatic amines is 1. The Balaban J connectivity index is 1.69. The van der Waals surface area contributed by atoms with Crippen molar-refractivity contribution < 1.29 is 9.72 Å². The Morgan fingerprint density at radius 3 is 2.58 bits per heavy atom. The molecule has 2 aromatic carbocycles. The maximum Gasteiger partial charge on any atom is 0.269 e. The van der Waals surface area contributed by atoms with Gasteiger partial charge in [-0.05, 0) is 35.9 Å². The SMILES string of the molecule is O=C(/C=C/c1ccc([N+](=O)[O-])cc1)c1nccc2c1[nH]c1ccccc12. The van der Waals surface area contributed by atoms with Crippen LogP contribution in [0.25, 0.3) is 27.9 Å².